The van der Waals surface area contributed by atoms with E-state index in [-0.39, 0.29) is 17.5 Å². The number of sulfone groups is 1. The monoisotopic (exact) mass is 236 g/mol. The van der Waals surface area contributed by atoms with E-state index in [1.165, 1.54) is 0 Å². The van der Waals surface area contributed by atoms with Crippen LogP contribution in [0.25, 0.3) is 0 Å². The van der Waals surface area contributed by atoms with E-state index >= 15 is 0 Å². The highest BCUT2D eigenvalue weighted by molar-refractivity contribution is 7.91. The molecule has 0 bridgehead atoms. The molecule has 0 radical (unpaired) electrons. The van der Waals surface area contributed by atoms with Crippen LogP contribution >= 0.6 is 0 Å². The van der Waals surface area contributed by atoms with Gasteiger partial charge in [-0.25, -0.2) is 8.42 Å². The molecular formula is C11H12N2O2S. The van der Waals surface area contributed by atoms with E-state index in [2.05, 4.69) is 5.32 Å². The van der Waals surface area contributed by atoms with Gasteiger partial charge in [0.15, 0.2) is 9.84 Å². The van der Waals surface area contributed by atoms with Crippen molar-refractivity contribution >= 4 is 9.84 Å². The van der Waals surface area contributed by atoms with Gasteiger partial charge in [0.05, 0.1) is 23.1 Å². The van der Waals surface area contributed by atoms with Crippen LogP contribution in [0.15, 0.2) is 24.3 Å². The Morgan fingerprint density at radius 2 is 2.25 bits per heavy atom. The predicted molar refractivity (Wildman–Crippen MR) is 60.6 cm³/mol. The van der Waals surface area contributed by atoms with Gasteiger partial charge in [0.25, 0.3) is 0 Å². The number of rotatable bonds is 1. The van der Waals surface area contributed by atoms with Gasteiger partial charge in [-0.3, -0.25) is 0 Å². The van der Waals surface area contributed by atoms with Crippen LogP contribution in [0.1, 0.15) is 17.2 Å². The molecule has 5 heteroatoms. The molecule has 1 aliphatic rings. The molecule has 4 nitrogen and oxygen atoms in total. The van der Waals surface area contributed by atoms with Gasteiger partial charge < -0.3 is 5.32 Å². The molecule has 1 aliphatic heterocycles. The fourth-order valence-corrected chi connectivity index (χ4v) is 3.24. The maximum absolute atomic E-state index is 11.5. The Morgan fingerprint density at radius 1 is 1.44 bits per heavy atom. The Bertz CT molecular complexity index is 531. The summed E-state index contributed by atoms with van der Waals surface area (Å²) in [6, 6.07) is 8.93. The molecule has 1 fully saturated rings. The Kier molecular flexibility index (Phi) is 2.95. The lowest BCUT2D eigenvalue weighted by Gasteiger charge is -2.24. The highest BCUT2D eigenvalue weighted by atomic mass is 32.2. The molecular weight excluding hydrogens is 224 g/mol. The molecule has 84 valence electrons. The number of nitrogens with one attached hydrogen (secondary N) is 1. The second kappa shape index (κ2) is 4.24. The summed E-state index contributed by atoms with van der Waals surface area (Å²) in [7, 11) is -2.95. The summed E-state index contributed by atoms with van der Waals surface area (Å²) in [5, 5.41) is 11.9. The van der Waals surface area contributed by atoms with Crippen molar-refractivity contribution in [2.24, 2.45) is 0 Å². The summed E-state index contributed by atoms with van der Waals surface area (Å²) < 4.78 is 23.0. The highest BCUT2D eigenvalue weighted by Gasteiger charge is 2.25. The first kappa shape index (κ1) is 11.1. The average molecular weight is 236 g/mol. The predicted octanol–water partition coefficient (Wildman–Crippen LogP) is 0.617. The molecule has 1 N–H and O–H groups in total. The van der Waals surface area contributed by atoms with Crippen molar-refractivity contribution in [3.63, 3.8) is 0 Å². The standard InChI is InChI=1S/C11H12N2O2S/c12-7-9-2-1-3-10(6-9)11-8-16(14,15)5-4-13-11/h1-3,6,11,13H,4-5,8H2. The Hall–Kier alpha value is -1.38. The summed E-state index contributed by atoms with van der Waals surface area (Å²) in [6.07, 6.45) is 0. The van der Waals surface area contributed by atoms with Gasteiger partial charge in [0.1, 0.15) is 0 Å². The van der Waals surface area contributed by atoms with Crippen molar-refractivity contribution in [1.29, 1.82) is 5.26 Å². The van der Waals surface area contributed by atoms with Crippen LogP contribution < -0.4 is 5.32 Å². The van der Waals surface area contributed by atoms with Crippen LogP contribution in [0.4, 0.5) is 0 Å². The fraction of sp³-hybridized carbons (Fsp3) is 0.364. The van der Waals surface area contributed by atoms with Crippen molar-refractivity contribution in [1.82, 2.24) is 5.32 Å². The Morgan fingerprint density at radius 3 is 2.94 bits per heavy atom. The van der Waals surface area contributed by atoms with Crippen molar-refractivity contribution in [2.75, 3.05) is 18.1 Å². The van der Waals surface area contributed by atoms with Gasteiger partial charge in [-0.05, 0) is 17.7 Å². The minimum atomic E-state index is -2.95. The van der Waals surface area contributed by atoms with Gasteiger partial charge >= 0.3 is 0 Å². The summed E-state index contributed by atoms with van der Waals surface area (Å²) in [4.78, 5) is 0. The molecule has 0 aliphatic carbocycles. The van der Waals surface area contributed by atoms with Gasteiger partial charge in [-0.1, -0.05) is 12.1 Å². The number of hydrogen-bond acceptors (Lipinski definition) is 4. The Balaban J connectivity index is 2.27. The first-order valence-electron chi connectivity index (χ1n) is 5.04. The number of benzene rings is 1. The number of hydrogen-bond donors (Lipinski definition) is 1. The van der Waals surface area contributed by atoms with E-state index in [1.54, 1.807) is 18.2 Å². The van der Waals surface area contributed by atoms with Gasteiger partial charge in [0, 0.05) is 12.6 Å². The molecule has 1 saturated heterocycles. The van der Waals surface area contributed by atoms with E-state index in [4.69, 9.17) is 5.26 Å². The highest BCUT2D eigenvalue weighted by Crippen LogP contribution is 2.19. The lowest BCUT2D eigenvalue weighted by molar-refractivity contribution is 0.531. The van der Waals surface area contributed by atoms with Crippen LogP contribution in [0, 0.1) is 11.3 Å². The van der Waals surface area contributed by atoms with Crippen molar-refractivity contribution < 1.29 is 8.42 Å². The normalized spacial score (nSPS) is 23.6. The molecule has 1 aromatic carbocycles. The van der Waals surface area contributed by atoms with Gasteiger partial charge in [-0.15, -0.1) is 0 Å². The summed E-state index contributed by atoms with van der Waals surface area (Å²) >= 11 is 0. The smallest absolute Gasteiger partial charge is 0.153 e. The molecule has 0 spiro atoms. The molecule has 1 unspecified atom stereocenters. The third-order valence-electron chi connectivity index (χ3n) is 2.64. The average Bonchev–Trinajstić information content (AvgIpc) is 2.28. The minimum absolute atomic E-state index is 0.113. The van der Waals surface area contributed by atoms with E-state index in [0.717, 1.165) is 5.56 Å². The second-order valence-corrected chi connectivity index (χ2v) is 6.09. The van der Waals surface area contributed by atoms with Crippen LogP contribution in [0.5, 0.6) is 0 Å². The van der Waals surface area contributed by atoms with E-state index in [9.17, 15) is 8.42 Å². The van der Waals surface area contributed by atoms with Gasteiger partial charge in [0.2, 0.25) is 0 Å². The molecule has 1 atom stereocenters. The lowest BCUT2D eigenvalue weighted by atomic mass is 10.1. The molecule has 1 heterocycles. The topological polar surface area (TPSA) is 70.0 Å². The van der Waals surface area contributed by atoms with Crippen LogP contribution in [0.3, 0.4) is 0 Å². The first-order valence-corrected chi connectivity index (χ1v) is 6.87. The van der Waals surface area contributed by atoms with Crippen molar-refractivity contribution in [3.8, 4) is 6.07 Å². The molecule has 2 rings (SSSR count). The van der Waals surface area contributed by atoms with E-state index in [1.807, 2.05) is 12.1 Å². The Labute approximate surface area is 94.8 Å². The largest absolute Gasteiger partial charge is 0.308 e. The zero-order chi connectivity index (χ0) is 11.6. The van der Waals surface area contributed by atoms with E-state index < -0.39 is 9.84 Å². The third kappa shape index (κ3) is 2.40. The zero-order valence-electron chi connectivity index (χ0n) is 8.68. The molecule has 0 amide bonds. The molecule has 0 aromatic heterocycles. The molecule has 1 aromatic rings. The zero-order valence-corrected chi connectivity index (χ0v) is 9.50. The second-order valence-electron chi connectivity index (χ2n) is 3.86. The van der Waals surface area contributed by atoms with Crippen molar-refractivity contribution in [2.45, 2.75) is 6.04 Å². The molecule has 16 heavy (non-hydrogen) atoms. The van der Waals surface area contributed by atoms with E-state index in [0.29, 0.717) is 12.1 Å². The maximum atomic E-state index is 11.5. The minimum Gasteiger partial charge on any atom is -0.308 e. The quantitative estimate of drug-likeness (QED) is 0.776. The number of nitrogens with zero attached hydrogens (tertiary/aromatic N) is 1. The summed E-state index contributed by atoms with van der Waals surface area (Å²) in [5.41, 5.74) is 1.42. The third-order valence-corrected chi connectivity index (χ3v) is 4.31. The fourth-order valence-electron chi connectivity index (χ4n) is 1.82. The SMILES string of the molecule is N#Cc1cccc(C2CS(=O)(=O)CCN2)c1. The molecule has 0 saturated carbocycles. The van der Waals surface area contributed by atoms with Gasteiger partial charge in [-0.2, -0.15) is 5.26 Å². The number of nitriles is 1. The van der Waals surface area contributed by atoms with Crippen LogP contribution in [-0.2, 0) is 9.84 Å². The van der Waals surface area contributed by atoms with Crippen molar-refractivity contribution in [3.05, 3.63) is 35.4 Å². The summed E-state index contributed by atoms with van der Waals surface area (Å²) in [5.74, 6) is 0.309. The van der Waals surface area contributed by atoms with Crippen LogP contribution in [-0.4, -0.2) is 26.5 Å². The first-order chi connectivity index (χ1) is 7.61. The van der Waals surface area contributed by atoms with Crippen LogP contribution in [0.2, 0.25) is 0 Å². The summed E-state index contributed by atoms with van der Waals surface area (Å²) in [6.45, 7) is 0.476. The maximum Gasteiger partial charge on any atom is 0.153 e. The lowest BCUT2D eigenvalue weighted by Crippen LogP contribution is -2.39.